The van der Waals surface area contributed by atoms with Gasteiger partial charge in [0.25, 0.3) is 0 Å². The molecule has 120 valence electrons. The summed E-state index contributed by atoms with van der Waals surface area (Å²) in [5.41, 5.74) is 1.21. The minimum atomic E-state index is 0.0979. The molecule has 1 N–H and O–H groups in total. The van der Waals surface area contributed by atoms with E-state index in [-0.39, 0.29) is 12.1 Å². The molecule has 5 nitrogen and oxygen atoms in total. The maximum Gasteiger partial charge on any atom is 0.327 e. The second-order valence-corrected chi connectivity index (χ2v) is 6.90. The number of aromatic nitrogens is 1. The van der Waals surface area contributed by atoms with Gasteiger partial charge in [-0.3, -0.25) is 4.90 Å². The van der Waals surface area contributed by atoms with Gasteiger partial charge in [0.15, 0.2) is 5.13 Å². The quantitative estimate of drug-likeness (QED) is 0.942. The molecule has 1 aromatic heterocycles. The van der Waals surface area contributed by atoms with Crippen molar-refractivity contribution >= 4 is 22.5 Å². The smallest absolute Gasteiger partial charge is 0.317 e. The predicted octanol–water partition coefficient (Wildman–Crippen LogP) is 2.88. The van der Waals surface area contributed by atoms with E-state index in [0.717, 1.165) is 31.1 Å². The lowest BCUT2D eigenvalue weighted by molar-refractivity contribution is 0.158. The summed E-state index contributed by atoms with van der Waals surface area (Å²) in [6, 6.07) is 10.9. The SMILES string of the molecule is O=C1N(c2nccs2)C[C@@H](c2ccccc2)N1C1CCNCC1. The van der Waals surface area contributed by atoms with Crippen molar-refractivity contribution < 1.29 is 4.79 Å². The summed E-state index contributed by atoms with van der Waals surface area (Å²) in [5, 5.41) is 6.11. The Morgan fingerprint density at radius 3 is 2.65 bits per heavy atom. The van der Waals surface area contributed by atoms with Gasteiger partial charge in [0.05, 0.1) is 12.6 Å². The van der Waals surface area contributed by atoms with Crippen LogP contribution in [0.3, 0.4) is 0 Å². The first-order valence-electron chi connectivity index (χ1n) is 8.09. The van der Waals surface area contributed by atoms with Crippen LogP contribution in [0.4, 0.5) is 9.93 Å². The Morgan fingerprint density at radius 1 is 1.17 bits per heavy atom. The van der Waals surface area contributed by atoms with Gasteiger partial charge in [-0.15, -0.1) is 11.3 Å². The Balaban J connectivity index is 1.68. The lowest BCUT2D eigenvalue weighted by Crippen LogP contribution is -2.46. The fourth-order valence-electron chi connectivity index (χ4n) is 3.56. The topological polar surface area (TPSA) is 48.5 Å². The molecule has 3 heterocycles. The Bertz CT molecular complexity index is 654. The fourth-order valence-corrected chi connectivity index (χ4v) is 4.20. The highest BCUT2D eigenvalue weighted by Gasteiger charge is 2.43. The van der Waals surface area contributed by atoms with E-state index in [1.807, 2.05) is 28.5 Å². The van der Waals surface area contributed by atoms with Crippen molar-refractivity contribution in [3.8, 4) is 0 Å². The Hall–Kier alpha value is -1.92. The molecule has 2 amide bonds. The van der Waals surface area contributed by atoms with E-state index < -0.39 is 0 Å². The molecule has 0 spiro atoms. The van der Waals surface area contributed by atoms with Gasteiger partial charge in [-0.2, -0.15) is 0 Å². The van der Waals surface area contributed by atoms with Gasteiger partial charge in [-0.1, -0.05) is 30.3 Å². The number of rotatable bonds is 3. The minimum absolute atomic E-state index is 0.0979. The van der Waals surface area contributed by atoms with Crippen molar-refractivity contribution in [1.29, 1.82) is 0 Å². The molecule has 2 aliphatic rings. The summed E-state index contributed by atoms with van der Waals surface area (Å²) in [6.07, 6.45) is 3.79. The molecule has 0 radical (unpaired) electrons. The molecule has 0 saturated carbocycles. The molecule has 6 heteroatoms. The van der Waals surface area contributed by atoms with Gasteiger partial charge < -0.3 is 10.2 Å². The maximum atomic E-state index is 13.1. The highest BCUT2D eigenvalue weighted by atomic mass is 32.1. The van der Waals surface area contributed by atoms with Crippen LogP contribution in [-0.4, -0.2) is 41.6 Å². The summed E-state index contributed by atoms with van der Waals surface area (Å²) in [7, 11) is 0. The molecule has 2 fully saturated rings. The lowest BCUT2D eigenvalue weighted by Gasteiger charge is -2.35. The average Bonchev–Trinajstić information content (AvgIpc) is 3.24. The second-order valence-electron chi connectivity index (χ2n) is 6.02. The molecule has 2 aromatic rings. The number of carbonyl (C=O) groups excluding carboxylic acids is 1. The highest BCUT2D eigenvalue weighted by molar-refractivity contribution is 7.13. The van der Waals surface area contributed by atoms with E-state index in [1.165, 1.54) is 16.9 Å². The number of hydrogen-bond donors (Lipinski definition) is 1. The monoisotopic (exact) mass is 328 g/mol. The largest absolute Gasteiger partial charge is 0.327 e. The number of nitrogens with one attached hydrogen (secondary N) is 1. The number of carbonyl (C=O) groups is 1. The van der Waals surface area contributed by atoms with Crippen LogP contribution >= 0.6 is 11.3 Å². The standard InChI is InChI=1S/C17H20N4OS/c22-17-20(16-19-10-11-23-16)12-15(13-4-2-1-3-5-13)21(17)14-6-8-18-9-7-14/h1-5,10-11,14-15,18H,6-9,12H2/t15-/m0/s1. The zero-order chi connectivity index (χ0) is 15.6. The summed E-state index contributed by atoms with van der Waals surface area (Å²) in [6.45, 7) is 2.64. The van der Waals surface area contributed by atoms with E-state index in [0.29, 0.717) is 12.6 Å². The first-order chi connectivity index (χ1) is 11.3. The van der Waals surface area contributed by atoms with Crippen molar-refractivity contribution in [1.82, 2.24) is 15.2 Å². The van der Waals surface area contributed by atoms with Crippen molar-refractivity contribution in [3.63, 3.8) is 0 Å². The Kier molecular flexibility index (Phi) is 4.01. The van der Waals surface area contributed by atoms with Crippen LogP contribution in [0.1, 0.15) is 24.4 Å². The van der Waals surface area contributed by atoms with Crippen LogP contribution in [0.5, 0.6) is 0 Å². The van der Waals surface area contributed by atoms with Gasteiger partial charge in [-0.25, -0.2) is 9.78 Å². The summed E-state index contributed by atoms with van der Waals surface area (Å²) in [5.74, 6) is 0. The third kappa shape index (κ3) is 2.72. The molecule has 2 aliphatic heterocycles. The predicted molar refractivity (Wildman–Crippen MR) is 91.8 cm³/mol. The number of amides is 2. The van der Waals surface area contributed by atoms with E-state index in [9.17, 15) is 4.79 Å². The van der Waals surface area contributed by atoms with Crippen molar-refractivity contribution in [2.45, 2.75) is 24.9 Å². The number of piperidine rings is 1. The second kappa shape index (κ2) is 6.29. The molecular formula is C17H20N4OS. The molecule has 23 heavy (non-hydrogen) atoms. The van der Waals surface area contributed by atoms with Crippen molar-refractivity contribution in [2.24, 2.45) is 0 Å². The first kappa shape index (κ1) is 14.7. The normalized spacial score (nSPS) is 22.8. The third-order valence-corrected chi connectivity index (χ3v) is 5.47. The van der Waals surface area contributed by atoms with Gasteiger partial charge in [0.1, 0.15) is 0 Å². The van der Waals surface area contributed by atoms with E-state index in [1.54, 1.807) is 6.20 Å². The number of anilines is 1. The third-order valence-electron chi connectivity index (χ3n) is 4.68. The van der Waals surface area contributed by atoms with Crippen LogP contribution in [0.15, 0.2) is 41.9 Å². The number of urea groups is 1. The van der Waals surface area contributed by atoms with Crippen LogP contribution in [0.2, 0.25) is 0 Å². The van der Waals surface area contributed by atoms with Crippen molar-refractivity contribution in [2.75, 3.05) is 24.5 Å². The van der Waals surface area contributed by atoms with Crippen LogP contribution in [0.25, 0.3) is 0 Å². The Labute approximate surface area is 139 Å². The first-order valence-corrected chi connectivity index (χ1v) is 8.97. The average molecular weight is 328 g/mol. The molecule has 0 aliphatic carbocycles. The highest BCUT2D eigenvalue weighted by Crippen LogP contribution is 2.36. The van der Waals surface area contributed by atoms with Gasteiger partial charge in [0.2, 0.25) is 0 Å². The molecule has 1 aromatic carbocycles. The van der Waals surface area contributed by atoms with Crippen LogP contribution in [-0.2, 0) is 0 Å². The lowest BCUT2D eigenvalue weighted by atomic mass is 10.00. The van der Waals surface area contributed by atoms with Gasteiger partial charge in [-0.05, 0) is 31.5 Å². The molecule has 1 atom stereocenters. The number of thiazole rings is 1. The van der Waals surface area contributed by atoms with Crippen LogP contribution < -0.4 is 10.2 Å². The number of hydrogen-bond acceptors (Lipinski definition) is 4. The zero-order valence-electron chi connectivity index (χ0n) is 12.9. The summed E-state index contributed by atoms with van der Waals surface area (Å²) in [4.78, 5) is 21.4. The Morgan fingerprint density at radius 2 is 1.96 bits per heavy atom. The minimum Gasteiger partial charge on any atom is -0.317 e. The molecule has 0 unspecified atom stereocenters. The molecule has 2 saturated heterocycles. The maximum absolute atomic E-state index is 13.1. The van der Waals surface area contributed by atoms with Crippen molar-refractivity contribution in [3.05, 3.63) is 47.5 Å². The number of nitrogens with zero attached hydrogens (tertiary/aromatic N) is 3. The molecule has 4 rings (SSSR count). The number of benzene rings is 1. The van der Waals surface area contributed by atoms with E-state index >= 15 is 0 Å². The van der Waals surface area contributed by atoms with Gasteiger partial charge in [0, 0.05) is 17.6 Å². The van der Waals surface area contributed by atoms with E-state index in [4.69, 9.17) is 0 Å². The van der Waals surface area contributed by atoms with Gasteiger partial charge >= 0.3 is 6.03 Å². The molecular weight excluding hydrogens is 308 g/mol. The van der Waals surface area contributed by atoms with Crippen LogP contribution in [0, 0.1) is 0 Å². The zero-order valence-corrected chi connectivity index (χ0v) is 13.7. The molecule has 0 bridgehead atoms. The fraction of sp³-hybridized carbons (Fsp3) is 0.412. The summed E-state index contributed by atoms with van der Waals surface area (Å²) >= 11 is 1.52. The summed E-state index contributed by atoms with van der Waals surface area (Å²) < 4.78 is 0. The van der Waals surface area contributed by atoms with E-state index in [2.05, 4.69) is 27.3 Å².